The molecule has 0 spiro atoms. The van der Waals surface area contributed by atoms with Gasteiger partial charge in [0.1, 0.15) is 29.1 Å². The highest BCUT2D eigenvalue weighted by Gasteiger charge is 2.50. The molecule has 2 fully saturated rings. The highest BCUT2D eigenvalue weighted by Crippen LogP contribution is 2.38. The molecule has 0 aliphatic carbocycles. The fourth-order valence-electron chi connectivity index (χ4n) is 4.54. The molecule has 0 bridgehead atoms. The van der Waals surface area contributed by atoms with E-state index in [2.05, 4.69) is 0 Å². The van der Waals surface area contributed by atoms with Gasteiger partial charge in [-0.2, -0.15) is 5.26 Å². The van der Waals surface area contributed by atoms with E-state index in [4.69, 9.17) is 38.6 Å². The molecule has 2 aromatic carbocycles. The highest BCUT2D eigenvalue weighted by molar-refractivity contribution is 7.81. The van der Waals surface area contributed by atoms with Gasteiger partial charge in [0.05, 0.1) is 16.3 Å². The average molecular weight is 555 g/mol. The monoisotopic (exact) mass is 554 g/mol. The van der Waals surface area contributed by atoms with Gasteiger partial charge in [-0.05, 0) is 89.3 Å². The van der Waals surface area contributed by atoms with Crippen molar-refractivity contribution < 1.29 is 19.1 Å². The lowest BCUT2D eigenvalue weighted by atomic mass is 10.0. The van der Waals surface area contributed by atoms with Gasteiger partial charge in [0.15, 0.2) is 5.11 Å². The van der Waals surface area contributed by atoms with Gasteiger partial charge in [0.25, 0.3) is 5.91 Å². The number of hydrogen-bond donors (Lipinski definition) is 0. The number of amides is 2. The molecule has 4 rings (SSSR count). The predicted octanol–water partition coefficient (Wildman–Crippen LogP) is 5.91. The van der Waals surface area contributed by atoms with Crippen LogP contribution in [0.3, 0.4) is 0 Å². The number of nitriles is 1. The molecule has 0 unspecified atom stereocenters. The van der Waals surface area contributed by atoms with Gasteiger partial charge in [0, 0.05) is 31.6 Å². The van der Waals surface area contributed by atoms with E-state index in [0.717, 1.165) is 5.69 Å². The molecular weight excluding hydrogens is 524 g/mol. The van der Waals surface area contributed by atoms with Crippen LogP contribution in [0, 0.1) is 11.3 Å². The normalized spacial score (nSPS) is 18.0. The van der Waals surface area contributed by atoms with Crippen LogP contribution in [0.5, 0.6) is 5.75 Å². The van der Waals surface area contributed by atoms with Crippen LogP contribution < -0.4 is 14.5 Å². The van der Waals surface area contributed by atoms with Gasteiger partial charge in [-0.25, -0.2) is 4.79 Å². The van der Waals surface area contributed by atoms with Crippen LogP contribution in [0.25, 0.3) is 0 Å². The van der Waals surface area contributed by atoms with E-state index in [1.165, 1.54) is 4.90 Å². The second kappa shape index (κ2) is 10.4. The SMILES string of the molecule is CC(C)(C)OC(=O)N1CCC(Oc2ccc(N3C(=S)N(c4ccc(C#N)c(Cl)c4)C(=O)C3(C)C)cc2)CC1. The Bertz CT molecular complexity index is 1290. The summed E-state index contributed by atoms with van der Waals surface area (Å²) in [6.07, 6.45) is 1.11. The van der Waals surface area contributed by atoms with Gasteiger partial charge >= 0.3 is 6.09 Å². The molecule has 2 aromatic rings. The van der Waals surface area contributed by atoms with Crippen LogP contribution in [-0.4, -0.2) is 52.3 Å². The van der Waals surface area contributed by atoms with Gasteiger partial charge in [-0.1, -0.05) is 11.6 Å². The van der Waals surface area contributed by atoms with Crippen molar-refractivity contribution >= 4 is 52.3 Å². The van der Waals surface area contributed by atoms with Gasteiger partial charge in [-0.3, -0.25) is 9.69 Å². The third-order valence-corrected chi connectivity index (χ3v) is 7.17. The lowest BCUT2D eigenvalue weighted by molar-refractivity contribution is -0.120. The summed E-state index contributed by atoms with van der Waals surface area (Å²) in [6, 6.07) is 14.3. The fraction of sp³-hybridized carbons (Fsp3) is 0.429. The number of rotatable bonds is 4. The van der Waals surface area contributed by atoms with Crippen molar-refractivity contribution in [3.05, 3.63) is 53.1 Å². The van der Waals surface area contributed by atoms with E-state index in [0.29, 0.717) is 48.0 Å². The van der Waals surface area contributed by atoms with Crippen molar-refractivity contribution in [1.29, 1.82) is 5.26 Å². The Morgan fingerprint density at radius 3 is 2.26 bits per heavy atom. The minimum atomic E-state index is -0.936. The van der Waals surface area contributed by atoms with Crippen LogP contribution in [0.2, 0.25) is 5.02 Å². The smallest absolute Gasteiger partial charge is 0.410 e. The number of likely N-dealkylation sites (tertiary alicyclic amines) is 1. The molecule has 0 atom stereocenters. The summed E-state index contributed by atoms with van der Waals surface area (Å²) in [4.78, 5) is 30.7. The molecule has 2 aliphatic heterocycles. The number of anilines is 2. The molecule has 0 saturated carbocycles. The summed E-state index contributed by atoms with van der Waals surface area (Å²) >= 11 is 12.0. The first-order chi connectivity index (χ1) is 17.8. The number of hydrogen-bond acceptors (Lipinski definition) is 6. The van der Waals surface area contributed by atoms with E-state index >= 15 is 0 Å². The largest absolute Gasteiger partial charge is 0.490 e. The summed E-state index contributed by atoms with van der Waals surface area (Å²) in [5, 5.41) is 9.75. The first-order valence-corrected chi connectivity index (χ1v) is 13.2. The number of halogens is 1. The van der Waals surface area contributed by atoms with E-state index in [-0.39, 0.29) is 23.1 Å². The second-order valence-corrected chi connectivity index (χ2v) is 11.6. The fourth-order valence-corrected chi connectivity index (χ4v) is 5.28. The maximum atomic E-state index is 13.4. The number of benzene rings is 2. The summed E-state index contributed by atoms with van der Waals surface area (Å²) in [7, 11) is 0. The zero-order valence-corrected chi connectivity index (χ0v) is 23.7. The topological polar surface area (TPSA) is 86.1 Å². The van der Waals surface area contributed by atoms with Crippen LogP contribution in [0.4, 0.5) is 16.2 Å². The van der Waals surface area contributed by atoms with Gasteiger partial charge in [-0.15, -0.1) is 0 Å². The second-order valence-electron chi connectivity index (χ2n) is 10.9. The Morgan fingerprint density at radius 2 is 1.71 bits per heavy atom. The minimum absolute atomic E-state index is 0.0120. The summed E-state index contributed by atoms with van der Waals surface area (Å²) in [5.74, 6) is 0.509. The molecule has 0 N–H and O–H groups in total. The van der Waals surface area contributed by atoms with Crippen molar-refractivity contribution in [3.63, 3.8) is 0 Å². The van der Waals surface area contributed by atoms with E-state index < -0.39 is 11.1 Å². The van der Waals surface area contributed by atoms with Crippen LogP contribution in [-0.2, 0) is 9.53 Å². The molecule has 38 heavy (non-hydrogen) atoms. The number of carbonyl (C=O) groups excluding carboxylic acids is 2. The molecular formula is C28H31ClN4O4S. The average Bonchev–Trinajstić information content (AvgIpc) is 3.02. The lowest BCUT2D eigenvalue weighted by Crippen LogP contribution is -2.44. The Morgan fingerprint density at radius 1 is 1.11 bits per heavy atom. The van der Waals surface area contributed by atoms with Crippen molar-refractivity contribution in [2.75, 3.05) is 22.9 Å². The van der Waals surface area contributed by atoms with E-state index in [9.17, 15) is 9.59 Å². The van der Waals surface area contributed by atoms with Crippen molar-refractivity contribution in [1.82, 2.24) is 4.90 Å². The van der Waals surface area contributed by atoms with E-state index in [1.54, 1.807) is 28.0 Å². The Balaban J connectivity index is 1.43. The molecule has 0 radical (unpaired) electrons. The quantitative estimate of drug-likeness (QED) is 0.434. The number of thiocarbonyl (C=S) groups is 1. The van der Waals surface area contributed by atoms with Crippen molar-refractivity contribution in [2.45, 2.75) is 64.7 Å². The molecule has 2 saturated heterocycles. The van der Waals surface area contributed by atoms with Crippen molar-refractivity contribution in [3.8, 4) is 11.8 Å². The predicted molar refractivity (Wildman–Crippen MR) is 151 cm³/mol. The molecule has 2 amide bonds. The highest BCUT2D eigenvalue weighted by atomic mass is 35.5. The van der Waals surface area contributed by atoms with Crippen LogP contribution in [0.15, 0.2) is 42.5 Å². The molecule has 200 valence electrons. The zero-order chi connectivity index (χ0) is 27.8. The van der Waals surface area contributed by atoms with Crippen molar-refractivity contribution in [2.24, 2.45) is 0 Å². The Hall–Kier alpha value is -3.35. The first-order valence-electron chi connectivity index (χ1n) is 12.4. The van der Waals surface area contributed by atoms with Crippen LogP contribution >= 0.6 is 23.8 Å². The van der Waals surface area contributed by atoms with Gasteiger partial charge in [0.2, 0.25) is 0 Å². The summed E-state index contributed by atoms with van der Waals surface area (Å²) < 4.78 is 11.6. The zero-order valence-electron chi connectivity index (χ0n) is 22.2. The minimum Gasteiger partial charge on any atom is -0.490 e. The molecule has 8 nitrogen and oxygen atoms in total. The maximum Gasteiger partial charge on any atom is 0.410 e. The number of carbonyl (C=O) groups is 2. The third-order valence-electron chi connectivity index (χ3n) is 6.49. The molecule has 2 aliphatic rings. The Labute approximate surface area is 233 Å². The number of ether oxygens (including phenoxy) is 2. The number of nitrogens with zero attached hydrogens (tertiary/aromatic N) is 4. The maximum absolute atomic E-state index is 13.4. The Kier molecular flexibility index (Phi) is 7.60. The summed E-state index contributed by atoms with van der Waals surface area (Å²) in [5.41, 5.74) is 0.138. The third kappa shape index (κ3) is 5.57. The molecule has 2 heterocycles. The standard InChI is InChI=1S/C28H31ClN4O4S/c1-27(2,3)37-26(35)31-14-12-22(13-15-31)36-21-10-8-19(9-11-21)33-25(38)32(24(34)28(33,4)5)20-7-6-18(17-30)23(29)16-20/h6-11,16,22H,12-15H2,1-5H3. The molecule has 10 heteroatoms. The number of piperidine rings is 1. The first kappa shape index (κ1) is 27.7. The lowest BCUT2D eigenvalue weighted by Gasteiger charge is -2.33. The van der Waals surface area contributed by atoms with Crippen LogP contribution in [0.1, 0.15) is 53.0 Å². The molecule has 0 aromatic heterocycles. The van der Waals surface area contributed by atoms with E-state index in [1.807, 2.05) is 65.0 Å². The van der Waals surface area contributed by atoms with Gasteiger partial charge < -0.3 is 19.3 Å². The summed E-state index contributed by atoms with van der Waals surface area (Å²) in [6.45, 7) is 10.4.